The minimum absolute atomic E-state index is 0.0542. The predicted molar refractivity (Wildman–Crippen MR) is 154 cm³/mol. The molecule has 0 aromatic heterocycles. The van der Waals surface area contributed by atoms with Crippen molar-refractivity contribution in [3.8, 4) is 0 Å². The van der Waals surface area contributed by atoms with Gasteiger partial charge in [0.05, 0.1) is 12.1 Å². The summed E-state index contributed by atoms with van der Waals surface area (Å²) in [5.74, 6) is -1.32. The van der Waals surface area contributed by atoms with E-state index in [0.29, 0.717) is 37.9 Å². The number of likely N-dealkylation sites (tertiary alicyclic amines) is 1. The summed E-state index contributed by atoms with van der Waals surface area (Å²) in [4.78, 5) is 26.7. The SMILES string of the molecule is CC(=O)N[C@@H](Cc1cc(F)cc(F)c1)[C@@H](O)CNC1(c2cccc(C(C)(C)C)c2)CCN(C(=O)CC(C)C)CC1. The summed E-state index contributed by atoms with van der Waals surface area (Å²) in [5, 5.41) is 17.6. The van der Waals surface area contributed by atoms with Crippen LogP contribution >= 0.6 is 0 Å². The molecule has 0 unspecified atom stereocenters. The highest BCUT2D eigenvalue weighted by atomic mass is 19.1. The number of halogens is 2. The molecule has 2 atom stereocenters. The molecule has 0 bridgehead atoms. The van der Waals surface area contributed by atoms with Crippen molar-refractivity contribution >= 4 is 11.8 Å². The van der Waals surface area contributed by atoms with Crippen LogP contribution in [0.25, 0.3) is 0 Å². The lowest BCUT2D eigenvalue weighted by atomic mass is 9.77. The number of carbonyl (C=O) groups excluding carboxylic acids is 2. The Bertz CT molecular complexity index is 1150. The zero-order valence-corrected chi connectivity index (χ0v) is 24.7. The molecule has 2 amide bonds. The predicted octanol–water partition coefficient (Wildman–Crippen LogP) is 4.82. The quantitative estimate of drug-likeness (QED) is 0.391. The van der Waals surface area contributed by atoms with Crippen LogP contribution in [0.4, 0.5) is 8.78 Å². The fourth-order valence-corrected chi connectivity index (χ4v) is 5.44. The monoisotopic (exact) mass is 557 g/mol. The molecule has 0 saturated carbocycles. The largest absolute Gasteiger partial charge is 0.390 e. The van der Waals surface area contributed by atoms with Crippen molar-refractivity contribution in [1.82, 2.24) is 15.5 Å². The Morgan fingerprint density at radius 2 is 1.68 bits per heavy atom. The van der Waals surface area contributed by atoms with Gasteiger partial charge in [-0.15, -0.1) is 0 Å². The molecule has 40 heavy (non-hydrogen) atoms. The molecular weight excluding hydrogens is 512 g/mol. The van der Waals surface area contributed by atoms with E-state index in [1.165, 1.54) is 24.6 Å². The first kappa shape index (κ1) is 31.7. The lowest BCUT2D eigenvalue weighted by molar-refractivity contribution is -0.133. The van der Waals surface area contributed by atoms with Gasteiger partial charge < -0.3 is 20.6 Å². The highest BCUT2D eigenvalue weighted by Gasteiger charge is 2.38. The highest BCUT2D eigenvalue weighted by Crippen LogP contribution is 2.36. The van der Waals surface area contributed by atoms with Crippen LogP contribution < -0.4 is 10.6 Å². The molecule has 1 heterocycles. The molecule has 0 spiro atoms. The van der Waals surface area contributed by atoms with Gasteiger partial charge in [0.25, 0.3) is 0 Å². The van der Waals surface area contributed by atoms with Gasteiger partial charge in [-0.25, -0.2) is 8.78 Å². The molecule has 1 aliphatic rings. The van der Waals surface area contributed by atoms with Gasteiger partial charge in [0, 0.05) is 44.6 Å². The van der Waals surface area contributed by atoms with Crippen LogP contribution in [0, 0.1) is 17.6 Å². The van der Waals surface area contributed by atoms with E-state index in [9.17, 15) is 23.5 Å². The van der Waals surface area contributed by atoms with E-state index in [-0.39, 0.29) is 36.1 Å². The standard InChI is InChI=1S/C32H45F2N3O3/c1-21(2)14-30(40)37-12-10-32(11-13-37,25-9-7-8-24(18-25)31(4,5)6)35-20-29(39)28(36-22(3)38)17-23-15-26(33)19-27(34)16-23/h7-9,15-16,18-19,21,28-29,35,39H,10-14,17,20H2,1-6H3,(H,36,38)/t28-,29-/m0/s1. The Hall–Kier alpha value is -2.84. The van der Waals surface area contributed by atoms with E-state index in [4.69, 9.17) is 0 Å². The molecule has 220 valence electrons. The highest BCUT2D eigenvalue weighted by molar-refractivity contribution is 5.76. The van der Waals surface area contributed by atoms with Gasteiger partial charge >= 0.3 is 0 Å². The molecule has 3 rings (SSSR count). The van der Waals surface area contributed by atoms with Crippen molar-refractivity contribution < 1.29 is 23.5 Å². The van der Waals surface area contributed by atoms with Gasteiger partial charge in [-0.1, -0.05) is 58.9 Å². The van der Waals surface area contributed by atoms with E-state index >= 15 is 0 Å². The number of nitrogens with one attached hydrogen (secondary N) is 2. The Morgan fingerprint density at radius 3 is 2.23 bits per heavy atom. The minimum atomic E-state index is -1.03. The molecule has 1 fully saturated rings. The van der Waals surface area contributed by atoms with E-state index < -0.39 is 29.3 Å². The van der Waals surface area contributed by atoms with Gasteiger partial charge in [-0.05, 0) is 59.4 Å². The summed E-state index contributed by atoms with van der Waals surface area (Å²) in [6, 6.07) is 10.9. The van der Waals surface area contributed by atoms with Crippen LogP contribution in [0.2, 0.25) is 0 Å². The zero-order chi connectivity index (χ0) is 29.7. The average molecular weight is 558 g/mol. The number of carbonyl (C=O) groups is 2. The number of amides is 2. The van der Waals surface area contributed by atoms with Gasteiger partial charge in [0.15, 0.2) is 0 Å². The summed E-state index contributed by atoms with van der Waals surface area (Å²) < 4.78 is 27.6. The molecule has 2 aromatic rings. The van der Waals surface area contributed by atoms with Crippen LogP contribution in [0.1, 0.15) is 77.5 Å². The van der Waals surface area contributed by atoms with Crippen molar-refractivity contribution in [3.63, 3.8) is 0 Å². The Morgan fingerprint density at radius 1 is 1.05 bits per heavy atom. The van der Waals surface area contributed by atoms with E-state index in [1.54, 1.807) is 0 Å². The van der Waals surface area contributed by atoms with Crippen LogP contribution in [-0.4, -0.2) is 53.6 Å². The smallest absolute Gasteiger partial charge is 0.222 e. The third-order valence-electron chi connectivity index (χ3n) is 7.71. The van der Waals surface area contributed by atoms with Crippen molar-refractivity contribution in [3.05, 3.63) is 70.8 Å². The van der Waals surface area contributed by atoms with Gasteiger partial charge in [0.1, 0.15) is 11.6 Å². The second kappa shape index (κ2) is 13.2. The lowest BCUT2D eigenvalue weighted by Crippen LogP contribution is -2.56. The van der Waals surface area contributed by atoms with Gasteiger partial charge in [0.2, 0.25) is 11.8 Å². The van der Waals surface area contributed by atoms with Crippen molar-refractivity contribution in [2.75, 3.05) is 19.6 Å². The molecule has 1 saturated heterocycles. The first-order valence-corrected chi connectivity index (χ1v) is 14.2. The molecule has 1 aliphatic heterocycles. The Balaban J connectivity index is 1.85. The molecule has 8 heteroatoms. The second-order valence-corrected chi connectivity index (χ2v) is 12.6. The fourth-order valence-electron chi connectivity index (χ4n) is 5.44. The third kappa shape index (κ3) is 8.58. The summed E-state index contributed by atoms with van der Waals surface area (Å²) in [5.41, 5.74) is 2.07. The second-order valence-electron chi connectivity index (χ2n) is 12.6. The van der Waals surface area contributed by atoms with E-state index in [0.717, 1.165) is 11.6 Å². The number of benzene rings is 2. The number of aliphatic hydroxyl groups excluding tert-OH is 1. The number of nitrogens with zero attached hydrogens (tertiary/aromatic N) is 1. The lowest BCUT2D eigenvalue weighted by Gasteiger charge is -2.44. The maximum Gasteiger partial charge on any atom is 0.222 e. The maximum atomic E-state index is 13.8. The normalized spacial score (nSPS) is 17.0. The summed E-state index contributed by atoms with van der Waals surface area (Å²) in [6.07, 6.45) is 0.881. The molecule has 3 N–H and O–H groups in total. The maximum absolute atomic E-state index is 13.8. The van der Waals surface area contributed by atoms with E-state index in [2.05, 4.69) is 49.6 Å². The van der Waals surface area contributed by atoms with Crippen molar-refractivity contribution in [2.24, 2.45) is 5.92 Å². The van der Waals surface area contributed by atoms with Crippen LogP contribution in [-0.2, 0) is 27.0 Å². The zero-order valence-electron chi connectivity index (χ0n) is 24.7. The number of hydrogen-bond acceptors (Lipinski definition) is 4. The molecule has 6 nitrogen and oxygen atoms in total. The van der Waals surface area contributed by atoms with Crippen LogP contribution in [0.15, 0.2) is 42.5 Å². The van der Waals surface area contributed by atoms with Crippen LogP contribution in [0.5, 0.6) is 0 Å². The number of hydrogen-bond donors (Lipinski definition) is 3. The first-order chi connectivity index (χ1) is 18.7. The number of piperidine rings is 1. The van der Waals surface area contributed by atoms with Gasteiger partial charge in [-0.3, -0.25) is 9.59 Å². The molecule has 0 radical (unpaired) electrons. The topological polar surface area (TPSA) is 81.7 Å². The van der Waals surface area contributed by atoms with Gasteiger partial charge in [-0.2, -0.15) is 0 Å². The number of rotatable bonds is 10. The summed E-state index contributed by atoms with van der Waals surface area (Å²) in [6.45, 7) is 13.2. The molecule has 0 aliphatic carbocycles. The molecular formula is C32H45F2N3O3. The molecule has 2 aromatic carbocycles. The van der Waals surface area contributed by atoms with Crippen LogP contribution in [0.3, 0.4) is 0 Å². The Labute approximate surface area is 237 Å². The van der Waals surface area contributed by atoms with Crippen molar-refractivity contribution in [2.45, 2.75) is 90.3 Å². The van der Waals surface area contributed by atoms with E-state index in [1.807, 2.05) is 24.8 Å². The third-order valence-corrected chi connectivity index (χ3v) is 7.71. The summed E-state index contributed by atoms with van der Waals surface area (Å²) in [7, 11) is 0. The number of aliphatic hydroxyl groups is 1. The fraction of sp³-hybridized carbons (Fsp3) is 0.562. The minimum Gasteiger partial charge on any atom is -0.390 e. The average Bonchev–Trinajstić information content (AvgIpc) is 2.85. The Kier molecular flexibility index (Phi) is 10.5. The van der Waals surface area contributed by atoms with Crippen molar-refractivity contribution in [1.29, 1.82) is 0 Å². The summed E-state index contributed by atoms with van der Waals surface area (Å²) >= 11 is 0. The first-order valence-electron chi connectivity index (χ1n) is 14.2.